The molecule has 0 unspecified atom stereocenters. The largest absolute Gasteiger partial charge is 0.351 e. The number of pyridine rings is 1. The van der Waals surface area contributed by atoms with Gasteiger partial charge in [-0.3, -0.25) is 4.79 Å². The van der Waals surface area contributed by atoms with Crippen molar-refractivity contribution in [1.29, 1.82) is 0 Å². The monoisotopic (exact) mass is 415 g/mol. The van der Waals surface area contributed by atoms with Crippen LogP contribution in [0.1, 0.15) is 41.4 Å². The second-order valence-corrected chi connectivity index (χ2v) is 9.32. The average Bonchev–Trinajstić information content (AvgIpc) is 3.14. The number of aryl methyl sites for hydroxylation is 1. The van der Waals surface area contributed by atoms with E-state index in [9.17, 15) is 4.79 Å². The number of carbonyl (C=O) groups is 1. The number of nitrogens with zero attached hydrogens (tertiary/aromatic N) is 2. The van der Waals surface area contributed by atoms with Crippen molar-refractivity contribution < 1.29 is 4.79 Å². The molecule has 1 amide bonds. The van der Waals surface area contributed by atoms with Crippen molar-refractivity contribution in [3.63, 3.8) is 0 Å². The lowest BCUT2D eigenvalue weighted by Crippen LogP contribution is -2.35. The summed E-state index contributed by atoms with van der Waals surface area (Å²) in [5.74, 6) is 0.829. The fourth-order valence-electron chi connectivity index (χ4n) is 3.83. The summed E-state index contributed by atoms with van der Waals surface area (Å²) in [6.45, 7) is 8.51. The Bertz CT molecular complexity index is 1010. The van der Waals surface area contributed by atoms with E-state index in [0.29, 0.717) is 16.6 Å². The number of benzene rings is 1. The fourth-order valence-corrected chi connectivity index (χ4v) is 5.23. The van der Waals surface area contributed by atoms with Crippen LogP contribution in [0.5, 0.6) is 0 Å². The van der Waals surface area contributed by atoms with Crippen LogP contribution in [-0.2, 0) is 0 Å². The van der Waals surface area contributed by atoms with Gasteiger partial charge in [-0.25, -0.2) is 4.98 Å². The number of amides is 1. The van der Waals surface area contributed by atoms with Crippen LogP contribution < -0.4 is 5.32 Å². The topological polar surface area (TPSA) is 45.2 Å². The third-order valence-electron chi connectivity index (χ3n) is 5.61. The molecule has 148 valence electrons. The van der Waals surface area contributed by atoms with Gasteiger partial charge in [0.15, 0.2) is 0 Å². The predicted octanol–water partition coefficient (Wildman–Crippen LogP) is 5.26. The maximum absolute atomic E-state index is 12.6. The highest BCUT2D eigenvalue weighted by molar-refractivity contribution is 7.21. The number of thiophene rings is 1. The molecule has 0 atom stereocenters. The van der Waals surface area contributed by atoms with E-state index < -0.39 is 0 Å². The van der Waals surface area contributed by atoms with Crippen molar-refractivity contribution in [3.05, 3.63) is 39.9 Å². The number of rotatable bonds is 5. The Morgan fingerprint density at radius 1 is 1.29 bits per heavy atom. The molecule has 2 aromatic heterocycles. The van der Waals surface area contributed by atoms with E-state index in [4.69, 9.17) is 11.6 Å². The number of fused-ring (bicyclic) bond motifs is 3. The first-order chi connectivity index (χ1) is 13.5. The zero-order chi connectivity index (χ0) is 19.7. The van der Waals surface area contributed by atoms with Gasteiger partial charge in [0.2, 0.25) is 0 Å². The van der Waals surface area contributed by atoms with Crippen LogP contribution in [0.4, 0.5) is 0 Å². The predicted molar refractivity (Wildman–Crippen MR) is 119 cm³/mol. The van der Waals surface area contributed by atoms with Crippen LogP contribution in [-0.4, -0.2) is 42.0 Å². The Balaban J connectivity index is 1.42. The lowest BCUT2D eigenvalue weighted by atomic mass is 9.99. The average molecular weight is 416 g/mol. The van der Waals surface area contributed by atoms with Gasteiger partial charge in [0, 0.05) is 22.0 Å². The maximum Gasteiger partial charge on any atom is 0.261 e. The van der Waals surface area contributed by atoms with E-state index in [1.807, 2.05) is 18.2 Å². The molecule has 1 N–H and O–H groups in total. The maximum atomic E-state index is 12.6. The van der Waals surface area contributed by atoms with E-state index in [-0.39, 0.29) is 5.91 Å². The van der Waals surface area contributed by atoms with E-state index in [2.05, 4.69) is 35.1 Å². The van der Waals surface area contributed by atoms with Crippen molar-refractivity contribution in [1.82, 2.24) is 15.2 Å². The van der Waals surface area contributed by atoms with Gasteiger partial charge in [-0.2, -0.15) is 0 Å². The molecule has 0 radical (unpaired) electrons. The summed E-state index contributed by atoms with van der Waals surface area (Å²) < 4.78 is 1.03. The van der Waals surface area contributed by atoms with E-state index in [1.165, 1.54) is 42.8 Å². The van der Waals surface area contributed by atoms with E-state index in [0.717, 1.165) is 39.9 Å². The highest BCUT2D eigenvalue weighted by Gasteiger charge is 2.17. The Kier molecular flexibility index (Phi) is 5.85. The van der Waals surface area contributed by atoms with Gasteiger partial charge in [-0.05, 0) is 69.9 Å². The second-order valence-electron chi connectivity index (χ2n) is 7.91. The number of likely N-dealkylation sites (tertiary alicyclic amines) is 1. The normalized spacial score (nSPS) is 16.1. The zero-order valence-corrected chi connectivity index (χ0v) is 18.0. The van der Waals surface area contributed by atoms with E-state index >= 15 is 0 Å². The molecule has 6 heteroatoms. The molecule has 1 aromatic carbocycles. The number of hydrogen-bond acceptors (Lipinski definition) is 4. The first-order valence-corrected chi connectivity index (χ1v) is 11.2. The summed E-state index contributed by atoms with van der Waals surface area (Å²) in [6, 6.07) is 8.00. The SMILES string of the molecule is Cc1ccc2nc(Cl)c3cc(C(=O)NCCCN4CCC(C)CC4)sc3c2c1. The molecule has 0 saturated carbocycles. The minimum absolute atomic E-state index is 0.0228. The molecule has 28 heavy (non-hydrogen) atoms. The number of hydrogen-bond donors (Lipinski definition) is 1. The van der Waals surface area contributed by atoms with Gasteiger partial charge in [0.05, 0.1) is 10.4 Å². The molecule has 1 fully saturated rings. The molecule has 1 aliphatic heterocycles. The molecule has 0 aliphatic carbocycles. The highest BCUT2D eigenvalue weighted by Crippen LogP contribution is 2.36. The number of halogens is 1. The van der Waals surface area contributed by atoms with Gasteiger partial charge in [0.25, 0.3) is 5.91 Å². The quantitative estimate of drug-likeness (QED) is 0.456. The minimum Gasteiger partial charge on any atom is -0.351 e. The molecule has 3 aromatic rings. The van der Waals surface area contributed by atoms with Crippen molar-refractivity contribution in [3.8, 4) is 0 Å². The number of piperidine rings is 1. The molecule has 4 nitrogen and oxygen atoms in total. The smallest absolute Gasteiger partial charge is 0.261 e. The number of nitrogens with one attached hydrogen (secondary N) is 1. The molecular formula is C22H26ClN3OS. The second kappa shape index (κ2) is 8.36. The van der Waals surface area contributed by atoms with Crippen LogP contribution in [0.25, 0.3) is 21.0 Å². The summed E-state index contributed by atoms with van der Waals surface area (Å²) in [5, 5.41) is 5.44. The van der Waals surface area contributed by atoms with E-state index in [1.54, 1.807) is 0 Å². The summed E-state index contributed by atoms with van der Waals surface area (Å²) in [6.07, 6.45) is 3.56. The Labute approximate surface area is 174 Å². The third-order valence-corrected chi connectivity index (χ3v) is 7.06. The van der Waals surface area contributed by atoms with Gasteiger partial charge < -0.3 is 10.2 Å². The fraction of sp³-hybridized carbons (Fsp3) is 0.455. The van der Waals surface area contributed by atoms with Gasteiger partial charge in [-0.15, -0.1) is 11.3 Å². The molecule has 1 aliphatic rings. The minimum atomic E-state index is -0.0228. The molecular weight excluding hydrogens is 390 g/mol. The third kappa shape index (κ3) is 4.17. The van der Waals surface area contributed by atoms with Crippen molar-refractivity contribution in [2.24, 2.45) is 5.92 Å². The van der Waals surface area contributed by atoms with Gasteiger partial charge in [0.1, 0.15) is 5.15 Å². The van der Waals surface area contributed by atoms with Gasteiger partial charge in [-0.1, -0.05) is 30.2 Å². The molecule has 4 rings (SSSR count). The summed E-state index contributed by atoms with van der Waals surface area (Å²) >= 11 is 7.87. The van der Waals surface area contributed by atoms with Crippen LogP contribution in [0.15, 0.2) is 24.3 Å². The highest BCUT2D eigenvalue weighted by atomic mass is 35.5. The molecule has 0 spiro atoms. The lowest BCUT2D eigenvalue weighted by Gasteiger charge is -2.30. The summed E-state index contributed by atoms with van der Waals surface area (Å²) in [7, 11) is 0. The Hall–Kier alpha value is -1.69. The Morgan fingerprint density at radius 3 is 2.86 bits per heavy atom. The number of carbonyl (C=O) groups excluding carboxylic acids is 1. The first kappa shape index (κ1) is 19.6. The van der Waals surface area contributed by atoms with Gasteiger partial charge >= 0.3 is 0 Å². The van der Waals surface area contributed by atoms with Crippen molar-refractivity contribution in [2.45, 2.75) is 33.1 Å². The van der Waals surface area contributed by atoms with Crippen molar-refractivity contribution in [2.75, 3.05) is 26.2 Å². The Morgan fingerprint density at radius 2 is 2.07 bits per heavy atom. The summed E-state index contributed by atoms with van der Waals surface area (Å²) in [5.41, 5.74) is 2.04. The molecule has 0 bridgehead atoms. The van der Waals surface area contributed by atoms with Crippen LogP contribution in [0.3, 0.4) is 0 Å². The van der Waals surface area contributed by atoms with Crippen molar-refractivity contribution >= 4 is 49.8 Å². The molecule has 1 saturated heterocycles. The van der Waals surface area contributed by atoms with Crippen LogP contribution >= 0.6 is 22.9 Å². The zero-order valence-electron chi connectivity index (χ0n) is 16.4. The van der Waals surface area contributed by atoms with Crippen LogP contribution in [0.2, 0.25) is 5.15 Å². The summed E-state index contributed by atoms with van der Waals surface area (Å²) in [4.78, 5) is 20.3. The first-order valence-electron chi connectivity index (χ1n) is 10.0. The standard InChI is InChI=1S/C22H26ClN3OS/c1-14-6-10-26(11-7-14)9-3-8-24-22(27)19-13-17-20(28-19)16-12-15(2)4-5-18(16)25-21(17)23/h4-5,12-14H,3,6-11H2,1-2H3,(H,24,27). The number of aromatic nitrogens is 1. The lowest BCUT2D eigenvalue weighted by molar-refractivity contribution is 0.0954. The molecule has 3 heterocycles. The van der Waals surface area contributed by atoms with Crippen LogP contribution in [0, 0.1) is 12.8 Å².